The highest BCUT2D eigenvalue weighted by Gasteiger charge is 1.94. The highest BCUT2D eigenvalue weighted by atomic mass is 14.9. The molecule has 0 fully saturated rings. The summed E-state index contributed by atoms with van der Waals surface area (Å²) in [6.07, 6.45) is 8.18. The largest absolute Gasteiger partial charge is 0.208 e. The zero-order chi connectivity index (χ0) is 12.8. The zero-order valence-electron chi connectivity index (χ0n) is 10.8. The average Bonchev–Trinajstić information content (AvgIpc) is 2.40. The minimum atomic E-state index is 0. The predicted molar refractivity (Wildman–Crippen MR) is 79.5 cm³/mol. The summed E-state index contributed by atoms with van der Waals surface area (Å²) < 4.78 is 4.06. The third-order valence-corrected chi connectivity index (χ3v) is 2.69. The fourth-order valence-corrected chi connectivity index (χ4v) is 1.73. The summed E-state index contributed by atoms with van der Waals surface area (Å²) in [5, 5.41) is 2.59. The lowest BCUT2D eigenvalue weighted by Gasteiger charge is -1.92. The number of pyridine rings is 2. The van der Waals surface area contributed by atoms with Crippen LogP contribution < -0.4 is 9.13 Å². The second-order valence-corrected chi connectivity index (χ2v) is 4.28. The van der Waals surface area contributed by atoms with Gasteiger partial charge in [-0.25, -0.2) is 9.13 Å². The smallest absolute Gasteiger partial charge is 0.176 e. The maximum Gasteiger partial charge on any atom is 0.176 e. The van der Waals surface area contributed by atoms with E-state index in [1.807, 2.05) is 49.3 Å². The summed E-state index contributed by atoms with van der Waals surface area (Å²) in [5.74, 6) is 0. The Balaban J connectivity index is 0.000000198. The molecule has 98 valence electrons. The van der Waals surface area contributed by atoms with Gasteiger partial charge in [0.25, 0.3) is 0 Å². The van der Waals surface area contributed by atoms with E-state index in [4.69, 9.17) is 0 Å². The van der Waals surface area contributed by atoms with Gasteiger partial charge in [-0.15, -0.1) is 0 Å². The van der Waals surface area contributed by atoms with E-state index in [1.165, 1.54) is 10.8 Å². The number of hydrogen-bond donors (Lipinski definition) is 0. The molecule has 2 heteroatoms. The van der Waals surface area contributed by atoms with Gasteiger partial charge in [0.1, 0.15) is 14.1 Å². The van der Waals surface area contributed by atoms with Crippen molar-refractivity contribution in [2.75, 3.05) is 0 Å². The lowest BCUT2D eigenvalue weighted by atomic mass is 10.2. The van der Waals surface area contributed by atoms with E-state index in [9.17, 15) is 0 Å². The van der Waals surface area contributed by atoms with Gasteiger partial charge in [-0.05, 0) is 11.5 Å². The van der Waals surface area contributed by atoms with Gasteiger partial charge in [0.05, 0.1) is 0 Å². The van der Waals surface area contributed by atoms with Crippen molar-refractivity contribution in [2.24, 2.45) is 14.1 Å². The summed E-state index contributed by atoms with van der Waals surface area (Å²) in [7, 11) is 4.03. The van der Waals surface area contributed by atoms with Crippen LogP contribution in [0.2, 0.25) is 0 Å². The number of benzene rings is 1. The number of hydrogen-bond acceptors (Lipinski definition) is 0. The molecule has 3 rings (SSSR count). The Morgan fingerprint density at radius 2 is 1.26 bits per heavy atom. The summed E-state index contributed by atoms with van der Waals surface area (Å²) in [4.78, 5) is 0. The van der Waals surface area contributed by atoms with Crippen molar-refractivity contribution in [3.05, 3.63) is 73.3 Å². The summed E-state index contributed by atoms with van der Waals surface area (Å²) in [6.45, 7) is 0. The van der Waals surface area contributed by atoms with Crippen LogP contribution in [-0.2, 0) is 14.1 Å². The van der Waals surface area contributed by atoms with E-state index in [-0.39, 0.29) is 7.43 Å². The molecule has 0 aliphatic rings. The van der Waals surface area contributed by atoms with Crippen LogP contribution in [-0.4, -0.2) is 0 Å². The number of fused-ring (bicyclic) bond motifs is 1. The van der Waals surface area contributed by atoms with Gasteiger partial charge in [-0.3, -0.25) is 0 Å². The van der Waals surface area contributed by atoms with Crippen LogP contribution in [0.25, 0.3) is 10.8 Å². The van der Waals surface area contributed by atoms with Crippen LogP contribution in [0.5, 0.6) is 0 Å². The van der Waals surface area contributed by atoms with Crippen LogP contribution in [0.3, 0.4) is 0 Å². The lowest BCUT2D eigenvalue weighted by molar-refractivity contribution is -0.671. The molecule has 0 aliphatic heterocycles. The summed E-state index contributed by atoms with van der Waals surface area (Å²) in [5.41, 5.74) is 0. The molecule has 2 heterocycles. The number of aromatic nitrogens is 2. The molecule has 0 saturated carbocycles. The van der Waals surface area contributed by atoms with E-state index >= 15 is 0 Å². The molecule has 3 aromatic rings. The van der Waals surface area contributed by atoms with Crippen molar-refractivity contribution in [1.82, 2.24) is 0 Å². The Bertz CT molecular complexity index is 618. The predicted octanol–water partition coefficient (Wildman–Crippen LogP) is 2.81. The van der Waals surface area contributed by atoms with Crippen molar-refractivity contribution in [3.8, 4) is 0 Å². The molecular weight excluding hydrogens is 232 g/mol. The maximum atomic E-state index is 2.12. The van der Waals surface area contributed by atoms with Gasteiger partial charge in [-0.2, -0.15) is 0 Å². The molecule has 19 heavy (non-hydrogen) atoms. The molecule has 0 atom stereocenters. The first kappa shape index (κ1) is 14.8. The number of aryl methyl sites for hydroxylation is 2. The van der Waals surface area contributed by atoms with Crippen molar-refractivity contribution < 1.29 is 9.13 Å². The van der Waals surface area contributed by atoms with Gasteiger partial charge in [0.2, 0.25) is 0 Å². The Labute approximate surface area is 115 Å². The fourth-order valence-electron chi connectivity index (χ4n) is 1.73. The molecule has 0 amide bonds. The summed E-state index contributed by atoms with van der Waals surface area (Å²) in [6, 6.07) is 16.5. The quantitative estimate of drug-likeness (QED) is 0.545. The minimum Gasteiger partial charge on any atom is -0.208 e. The number of rotatable bonds is 0. The first-order chi connectivity index (χ1) is 8.75. The van der Waals surface area contributed by atoms with Crippen LogP contribution >= 0.6 is 0 Å². The Morgan fingerprint density at radius 3 is 1.84 bits per heavy atom. The summed E-state index contributed by atoms with van der Waals surface area (Å²) >= 11 is 0. The van der Waals surface area contributed by atoms with Crippen LogP contribution in [0, 0.1) is 0 Å². The van der Waals surface area contributed by atoms with E-state index in [2.05, 4.69) is 47.3 Å². The SMILES string of the molecule is C.C[n+]1ccc2ccccc2c1.C[n+]1ccccc1. The van der Waals surface area contributed by atoms with Gasteiger partial charge < -0.3 is 0 Å². The van der Waals surface area contributed by atoms with Gasteiger partial charge in [-0.1, -0.05) is 31.7 Å². The van der Waals surface area contributed by atoms with E-state index in [0.29, 0.717) is 0 Å². The molecule has 2 aromatic heterocycles. The normalized spacial score (nSPS) is 9.16. The topological polar surface area (TPSA) is 7.76 Å². The molecule has 0 saturated heterocycles. The third kappa shape index (κ3) is 4.51. The lowest BCUT2D eigenvalue weighted by Crippen LogP contribution is -2.25. The molecule has 0 spiro atoms. The second kappa shape index (κ2) is 7.27. The first-order valence-electron chi connectivity index (χ1n) is 6.00. The first-order valence-corrected chi connectivity index (χ1v) is 6.00. The molecule has 2 nitrogen and oxygen atoms in total. The van der Waals surface area contributed by atoms with Crippen molar-refractivity contribution in [3.63, 3.8) is 0 Å². The maximum absolute atomic E-state index is 2.12. The van der Waals surface area contributed by atoms with Gasteiger partial charge in [0, 0.05) is 23.6 Å². The Hall–Kier alpha value is -2.22. The molecule has 0 radical (unpaired) electrons. The average molecular weight is 254 g/mol. The highest BCUT2D eigenvalue weighted by molar-refractivity contribution is 5.80. The molecular formula is C17H22N2+2. The van der Waals surface area contributed by atoms with E-state index in [1.54, 1.807) is 0 Å². The monoisotopic (exact) mass is 254 g/mol. The van der Waals surface area contributed by atoms with Crippen LogP contribution in [0.1, 0.15) is 7.43 Å². The van der Waals surface area contributed by atoms with Gasteiger partial charge >= 0.3 is 0 Å². The highest BCUT2D eigenvalue weighted by Crippen LogP contribution is 2.08. The van der Waals surface area contributed by atoms with Crippen LogP contribution in [0.4, 0.5) is 0 Å². The Morgan fingerprint density at radius 1 is 0.632 bits per heavy atom. The van der Waals surface area contributed by atoms with Gasteiger partial charge in [0.15, 0.2) is 24.8 Å². The molecule has 0 aliphatic carbocycles. The Kier molecular flexibility index (Phi) is 5.68. The molecule has 0 N–H and O–H groups in total. The van der Waals surface area contributed by atoms with Crippen molar-refractivity contribution >= 4 is 10.8 Å². The zero-order valence-corrected chi connectivity index (χ0v) is 10.8. The van der Waals surface area contributed by atoms with E-state index < -0.39 is 0 Å². The van der Waals surface area contributed by atoms with Crippen molar-refractivity contribution in [1.29, 1.82) is 0 Å². The fraction of sp³-hybridized carbons (Fsp3) is 0.176. The molecule has 1 aromatic carbocycles. The van der Waals surface area contributed by atoms with Crippen LogP contribution in [0.15, 0.2) is 73.3 Å². The number of nitrogens with zero attached hydrogens (tertiary/aromatic N) is 2. The standard InChI is InChI=1S/C10H10N.C6H8N.CH4/c1-11-7-6-9-4-2-3-5-10(9)8-11;1-7-5-3-2-4-6-7;/h2-8H,1H3;2-6H,1H3;1H4/q2*+1;. The minimum absolute atomic E-state index is 0. The van der Waals surface area contributed by atoms with E-state index in [0.717, 1.165) is 0 Å². The molecule has 0 bridgehead atoms. The molecule has 0 unspecified atom stereocenters. The van der Waals surface area contributed by atoms with Crippen molar-refractivity contribution in [2.45, 2.75) is 7.43 Å². The third-order valence-electron chi connectivity index (χ3n) is 2.69. The second-order valence-electron chi connectivity index (χ2n) is 4.28.